The molecule has 1 aliphatic heterocycles. The predicted molar refractivity (Wildman–Crippen MR) is 137 cm³/mol. The van der Waals surface area contributed by atoms with Crippen LogP contribution in [-0.2, 0) is 30.6 Å². The van der Waals surface area contributed by atoms with Crippen molar-refractivity contribution < 1.29 is 9.90 Å². The number of rotatable bonds is 3. The molecule has 36 heavy (non-hydrogen) atoms. The molecule has 10 nitrogen and oxygen atoms in total. The van der Waals surface area contributed by atoms with E-state index in [0.717, 1.165) is 63.8 Å². The molecule has 2 aliphatic rings. The Morgan fingerprint density at radius 2 is 2.00 bits per heavy atom. The third-order valence-corrected chi connectivity index (χ3v) is 7.26. The van der Waals surface area contributed by atoms with Crippen LogP contribution in [0, 0.1) is 6.92 Å². The molecule has 5 heterocycles. The molecule has 0 aromatic carbocycles. The summed E-state index contributed by atoms with van der Waals surface area (Å²) in [7, 11) is 1.81. The van der Waals surface area contributed by atoms with Gasteiger partial charge in [0.05, 0.1) is 11.8 Å². The highest BCUT2D eigenvalue weighted by Gasteiger charge is 2.22. The van der Waals surface area contributed by atoms with Crippen molar-refractivity contribution in [2.45, 2.75) is 45.3 Å². The summed E-state index contributed by atoms with van der Waals surface area (Å²) in [5, 5.41) is 19.7. The van der Waals surface area contributed by atoms with Gasteiger partial charge in [-0.05, 0) is 48.4 Å². The van der Waals surface area contributed by atoms with Crippen molar-refractivity contribution in [2.24, 2.45) is 0 Å². The van der Waals surface area contributed by atoms with Gasteiger partial charge in [-0.2, -0.15) is 5.10 Å². The first-order valence-electron chi connectivity index (χ1n) is 12.2. The Kier molecular flexibility index (Phi) is 5.33. The molecule has 0 spiro atoms. The minimum atomic E-state index is -0.334. The number of nitrogens with zero attached hydrogens (tertiary/aromatic N) is 6. The average molecular weight is 485 g/mol. The molecule has 184 valence electrons. The summed E-state index contributed by atoms with van der Waals surface area (Å²) in [5.74, 6) is 1.71. The summed E-state index contributed by atoms with van der Waals surface area (Å²) in [6.07, 6.45) is 6.12. The van der Waals surface area contributed by atoms with E-state index >= 15 is 0 Å². The average Bonchev–Trinajstić information content (AvgIpc) is 3.17. The molecule has 4 aromatic heterocycles. The Morgan fingerprint density at radius 1 is 1.14 bits per heavy atom. The lowest BCUT2D eigenvalue weighted by atomic mass is 9.88. The van der Waals surface area contributed by atoms with E-state index < -0.39 is 0 Å². The Balaban J connectivity index is 1.33. The highest BCUT2D eigenvalue weighted by atomic mass is 16.3. The maximum atomic E-state index is 12.2. The van der Waals surface area contributed by atoms with Gasteiger partial charge in [0.2, 0.25) is 5.91 Å². The normalized spacial score (nSPS) is 17.6. The van der Waals surface area contributed by atoms with Gasteiger partial charge in [0.15, 0.2) is 5.82 Å². The van der Waals surface area contributed by atoms with Gasteiger partial charge in [-0.3, -0.25) is 14.5 Å². The number of carbonyl (C=O) groups excluding carboxylic acids is 1. The van der Waals surface area contributed by atoms with Crippen LogP contribution < -0.4 is 11.1 Å². The molecule has 0 fully saturated rings. The molecule has 0 unspecified atom stereocenters. The highest BCUT2D eigenvalue weighted by molar-refractivity contribution is 5.95. The summed E-state index contributed by atoms with van der Waals surface area (Å²) < 4.78 is 1.75. The first-order valence-corrected chi connectivity index (χ1v) is 12.2. The van der Waals surface area contributed by atoms with E-state index in [0.29, 0.717) is 30.4 Å². The van der Waals surface area contributed by atoms with Crippen molar-refractivity contribution >= 4 is 34.1 Å². The van der Waals surface area contributed by atoms with E-state index in [4.69, 9.17) is 5.73 Å². The highest BCUT2D eigenvalue weighted by Crippen LogP contribution is 2.33. The number of aryl methyl sites for hydroxylation is 1. The molecule has 4 N–H and O–H groups in total. The van der Waals surface area contributed by atoms with E-state index in [1.165, 1.54) is 0 Å². The second-order valence-electron chi connectivity index (χ2n) is 9.67. The fraction of sp³-hybridized carbons (Fsp3) is 0.346. The van der Waals surface area contributed by atoms with E-state index in [1.807, 2.05) is 31.4 Å². The zero-order valence-corrected chi connectivity index (χ0v) is 20.3. The fourth-order valence-corrected chi connectivity index (χ4v) is 5.10. The van der Waals surface area contributed by atoms with Crippen LogP contribution in [0.25, 0.3) is 22.0 Å². The van der Waals surface area contributed by atoms with Gasteiger partial charge >= 0.3 is 0 Å². The van der Waals surface area contributed by atoms with Crippen molar-refractivity contribution in [1.29, 1.82) is 0 Å². The van der Waals surface area contributed by atoms with Crippen LogP contribution in [0.1, 0.15) is 28.9 Å². The van der Waals surface area contributed by atoms with Crippen molar-refractivity contribution in [3.05, 3.63) is 53.1 Å². The van der Waals surface area contributed by atoms with E-state index in [2.05, 4.69) is 32.3 Å². The van der Waals surface area contributed by atoms with Crippen molar-refractivity contribution in [3.8, 4) is 11.3 Å². The second kappa shape index (κ2) is 8.56. The van der Waals surface area contributed by atoms with Crippen LogP contribution >= 0.6 is 0 Å². The number of aromatic nitrogens is 5. The largest absolute Gasteiger partial charge is 0.393 e. The lowest BCUT2D eigenvalue weighted by Gasteiger charge is -2.23. The second-order valence-corrected chi connectivity index (χ2v) is 9.67. The Labute approximate surface area is 208 Å². The van der Waals surface area contributed by atoms with Gasteiger partial charge in [0.25, 0.3) is 0 Å². The number of nitrogens with two attached hydrogens (primary N) is 1. The van der Waals surface area contributed by atoms with Crippen LogP contribution in [0.5, 0.6) is 0 Å². The Morgan fingerprint density at radius 3 is 2.86 bits per heavy atom. The zero-order valence-electron chi connectivity index (χ0n) is 20.3. The number of aliphatic hydroxyl groups is 1. The summed E-state index contributed by atoms with van der Waals surface area (Å²) >= 11 is 0. The molecule has 0 bridgehead atoms. The van der Waals surface area contributed by atoms with Crippen LogP contribution in [0.3, 0.4) is 0 Å². The molecule has 4 aromatic rings. The lowest BCUT2D eigenvalue weighted by molar-refractivity contribution is -0.130. The van der Waals surface area contributed by atoms with E-state index in [-0.39, 0.29) is 18.6 Å². The van der Waals surface area contributed by atoms with Crippen molar-refractivity contribution in [1.82, 2.24) is 29.6 Å². The maximum Gasteiger partial charge on any atom is 0.244 e. The lowest BCUT2D eigenvalue weighted by Crippen LogP contribution is -2.29. The predicted octanol–water partition coefficient (Wildman–Crippen LogP) is 2.39. The van der Waals surface area contributed by atoms with E-state index in [1.54, 1.807) is 15.8 Å². The molecule has 1 amide bonds. The third-order valence-electron chi connectivity index (χ3n) is 7.26. The minimum Gasteiger partial charge on any atom is -0.393 e. The van der Waals surface area contributed by atoms with Crippen LogP contribution in [0.15, 0.2) is 30.6 Å². The molecule has 6 rings (SSSR count). The number of likely N-dealkylation sites (N-methyl/N-ethyl adjacent to an activating group) is 1. The van der Waals surface area contributed by atoms with Gasteiger partial charge in [0.1, 0.15) is 18.2 Å². The number of hydrogen-bond donors (Lipinski definition) is 3. The molecule has 0 radical (unpaired) electrons. The molecule has 1 aliphatic carbocycles. The third kappa shape index (κ3) is 3.93. The summed E-state index contributed by atoms with van der Waals surface area (Å²) in [6, 6.07) is 5.87. The number of anilines is 3. The van der Waals surface area contributed by atoms with Crippen LogP contribution in [0.4, 0.5) is 17.5 Å². The summed E-state index contributed by atoms with van der Waals surface area (Å²) in [6.45, 7) is 2.96. The number of carbonyl (C=O) groups is 1. The number of fused-ring (bicyclic) bond motifs is 3. The molecule has 0 saturated heterocycles. The first kappa shape index (κ1) is 22.4. The van der Waals surface area contributed by atoms with Crippen LogP contribution in [-0.4, -0.2) is 60.3 Å². The number of nitrogen functional groups attached to an aromatic ring is 1. The summed E-state index contributed by atoms with van der Waals surface area (Å²) in [4.78, 5) is 27.7. The molecular formula is C26H28N8O2. The van der Waals surface area contributed by atoms with Gasteiger partial charge in [-0.1, -0.05) is 0 Å². The number of aliphatic hydroxyl groups excluding tert-OH is 1. The van der Waals surface area contributed by atoms with Crippen LogP contribution in [0.2, 0.25) is 0 Å². The van der Waals surface area contributed by atoms with Gasteiger partial charge in [-0.15, -0.1) is 0 Å². The minimum absolute atomic E-state index is 0.0456. The van der Waals surface area contributed by atoms with Gasteiger partial charge in [-0.25, -0.2) is 9.97 Å². The number of pyridine rings is 3. The first-order chi connectivity index (χ1) is 17.4. The Bertz CT molecular complexity index is 1510. The topological polar surface area (TPSA) is 135 Å². The molecule has 10 heteroatoms. The number of amides is 1. The fourth-order valence-electron chi connectivity index (χ4n) is 5.10. The Hall–Kier alpha value is -4.05. The molecular weight excluding hydrogens is 456 g/mol. The monoisotopic (exact) mass is 484 g/mol. The zero-order chi connectivity index (χ0) is 25.0. The number of nitrogens with one attached hydrogen (secondary N) is 1. The van der Waals surface area contributed by atoms with Gasteiger partial charge in [0, 0.05) is 67.2 Å². The molecule has 0 saturated carbocycles. The van der Waals surface area contributed by atoms with Crippen molar-refractivity contribution in [3.63, 3.8) is 0 Å². The number of hydrogen-bond acceptors (Lipinski definition) is 8. The maximum absolute atomic E-state index is 12.2. The van der Waals surface area contributed by atoms with Gasteiger partial charge < -0.3 is 21.1 Å². The SMILES string of the molecule is Cc1c(-c2cc3cc(Nc4cc5n(n4)CC(=O)N(C)CC5)ncc3c(N)n2)cnc2c1C[C@@H](O)CC2. The summed E-state index contributed by atoms with van der Waals surface area (Å²) in [5.41, 5.74) is 12.2. The van der Waals surface area contributed by atoms with E-state index in [9.17, 15) is 9.90 Å². The standard InChI is InChI=1S/C26H28N8O2/c1-14-18-10-17(35)3-4-21(18)28-11-19(14)22-7-15-8-23(29-12-20(15)26(27)30-22)31-24-9-16-5-6-33(2)25(36)13-34(16)32-24/h7-9,11-12,17,35H,3-6,10,13H2,1-2H3,(H2,27,30)(H,29,31,32)/t17-/m0/s1. The smallest absolute Gasteiger partial charge is 0.244 e. The quantitative estimate of drug-likeness (QED) is 0.403. The van der Waals surface area contributed by atoms with Crippen molar-refractivity contribution in [2.75, 3.05) is 24.6 Å². The molecule has 1 atom stereocenters.